The number of aromatic nitrogens is 1. The third-order valence-corrected chi connectivity index (χ3v) is 4.71. The van der Waals surface area contributed by atoms with Crippen LogP contribution in [0.1, 0.15) is 19.8 Å². The molecule has 2 aromatic rings. The van der Waals surface area contributed by atoms with E-state index in [4.69, 9.17) is 5.11 Å². The number of fused-ring (bicyclic) bond motifs is 1. The zero-order chi connectivity index (χ0) is 15.5. The van der Waals surface area contributed by atoms with Crippen LogP contribution in [0, 0.1) is 0 Å². The first kappa shape index (κ1) is 15.4. The fourth-order valence-electron chi connectivity index (χ4n) is 2.07. The summed E-state index contributed by atoms with van der Waals surface area (Å²) in [6, 6.07) is 7.52. The summed E-state index contributed by atoms with van der Waals surface area (Å²) in [5.41, 5.74) is 0.576. The van der Waals surface area contributed by atoms with E-state index in [1.165, 1.54) is 6.07 Å². The van der Waals surface area contributed by atoms with Crippen molar-refractivity contribution in [2.75, 3.05) is 0 Å². The first-order chi connectivity index (χ1) is 9.94. The number of rotatable bonds is 6. The van der Waals surface area contributed by atoms with Crippen molar-refractivity contribution < 1.29 is 18.3 Å². The van der Waals surface area contributed by atoms with Crippen molar-refractivity contribution in [1.82, 2.24) is 9.71 Å². The van der Waals surface area contributed by atoms with Crippen molar-refractivity contribution in [1.29, 1.82) is 0 Å². The van der Waals surface area contributed by atoms with Gasteiger partial charge in [0.1, 0.15) is 0 Å². The minimum absolute atomic E-state index is 0.108. The fraction of sp³-hybridized carbons (Fsp3) is 0.286. The fourth-order valence-corrected chi connectivity index (χ4v) is 3.61. The molecule has 0 spiro atoms. The van der Waals surface area contributed by atoms with Gasteiger partial charge in [-0.2, -0.15) is 0 Å². The molecule has 1 aromatic carbocycles. The van der Waals surface area contributed by atoms with Gasteiger partial charge < -0.3 is 5.11 Å². The second-order valence-corrected chi connectivity index (χ2v) is 6.33. The Morgan fingerprint density at radius 1 is 1.33 bits per heavy atom. The molecule has 0 saturated carbocycles. The second-order valence-electron chi connectivity index (χ2n) is 4.65. The number of aliphatic carboxylic acids is 1. The largest absolute Gasteiger partial charge is 0.481 e. The van der Waals surface area contributed by atoms with Gasteiger partial charge in [0, 0.05) is 17.6 Å². The quantitative estimate of drug-likeness (QED) is 0.847. The van der Waals surface area contributed by atoms with Gasteiger partial charge in [-0.3, -0.25) is 9.78 Å². The van der Waals surface area contributed by atoms with E-state index in [0.29, 0.717) is 17.3 Å². The number of hydrogen-bond donors (Lipinski definition) is 2. The van der Waals surface area contributed by atoms with Gasteiger partial charge in [-0.25, -0.2) is 13.1 Å². The number of pyridine rings is 1. The Labute approximate surface area is 122 Å². The van der Waals surface area contributed by atoms with Crippen LogP contribution in [0.4, 0.5) is 0 Å². The molecule has 0 radical (unpaired) electrons. The van der Waals surface area contributed by atoms with Gasteiger partial charge in [0.25, 0.3) is 0 Å². The SMILES string of the molecule is CCC(CC(=O)O)NS(=O)(=O)c1cccc2ncccc12. The minimum atomic E-state index is -3.80. The molecule has 0 fully saturated rings. The molecule has 2 rings (SSSR count). The Morgan fingerprint density at radius 3 is 2.76 bits per heavy atom. The molecule has 0 aliphatic rings. The predicted molar refractivity (Wildman–Crippen MR) is 78.4 cm³/mol. The molecule has 6 nitrogen and oxygen atoms in total. The highest BCUT2D eigenvalue weighted by atomic mass is 32.2. The van der Waals surface area contributed by atoms with Crippen molar-refractivity contribution in [3.8, 4) is 0 Å². The zero-order valence-electron chi connectivity index (χ0n) is 11.5. The van der Waals surface area contributed by atoms with Crippen LogP contribution in [-0.4, -0.2) is 30.5 Å². The number of carbonyl (C=O) groups is 1. The van der Waals surface area contributed by atoms with E-state index in [1.807, 2.05) is 0 Å². The average molecular weight is 308 g/mol. The Balaban J connectivity index is 2.40. The highest BCUT2D eigenvalue weighted by Crippen LogP contribution is 2.21. The van der Waals surface area contributed by atoms with Crippen molar-refractivity contribution in [3.63, 3.8) is 0 Å². The van der Waals surface area contributed by atoms with E-state index in [1.54, 1.807) is 37.4 Å². The molecule has 1 heterocycles. The predicted octanol–water partition coefficient (Wildman–Crippen LogP) is 1.77. The number of nitrogens with zero attached hydrogens (tertiary/aromatic N) is 1. The van der Waals surface area contributed by atoms with E-state index < -0.39 is 22.0 Å². The molecule has 0 aliphatic heterocycles. The Hall–Kier alpha value is -1.99. The molecule has 1 atom stereocenters. The molecule has 0 aliphatic carbocycles. The van der Waals surface area contributed by atoms with Gasteiger partial charge >= 0.3 is 5.97 Å². The topological polar surface area (TPSA) is 96.4 Å². The molecule has 0 saturated heterocycles. The molecule has 0 bridgehead atoms. The molecular formula is C14H16N2O4S. The Morgan fingerprint density at radius 2 is 2.10 bits per heavy atom. The summed E-state index contributed by atoms with van der Waals surface area (Å²) < 4.78 is 27.4. The van der Waals surface area contributed by atoms with Crippen LogP contribution < -0.4 is 4.72 Å². The molecule has 0 amide bonds. The first-order valence-electron chi connectivity index (χ1n) is 6.52. The van der Waals surface area contributed by atoms with Gasteiger partial charge in [0.2, 0.25) is 10.0 Å². The Kier molecular flexibility index (Phi) is 4.54. The lowest BCUT2D eigenvalue weighted by molar-refractivity contribution is -0.137. The monoisotopic (exact) mass is 308 g/mol. The first-order valence-corrected chi connectivity index (χ1v) is 8.00. The normalized spacial score (nSPS) is 13.2. The number of hydrogen-bond acceptors (Lipinski definition) is 4. The van der Waals surface area contributed by atoms with Crippen LogP contribution in [0.2, 0.25) is 0 Å². The second kappa shape index (κ2) is 6.19. The summed E-state index contributed by atoms with van der Waals surface area (Å²) in [4.78, 5) is 15.0. The van der Waals surface area contributed by atoms with Crippen LogP contribution in [0.15, 0.2) is 41.4 Å². The van der Waals surface area contributed by atoms with E-state index >= 15 is 0 Å². The minimum Gasteiger partial charge on any atom is -0.481 e. The maximum absolute atomic E-state index is 12.5. The van der Waals surface area contributed by atoms with Crippen LogP contribution in [0.3, 0.4) is 0 Å². The van der Waals surface area contributed by atoms with E-state index in [9.17, 15) is 13.2 Å². The lowest BCUT2D eigenvalue weighted by Crippen LogP contribution is -2.36. The molecule has 7 heteroatoms. The standard InChI is InChI=1S/C14H16N2O4S/c1-2-10(9-14(17)18)16-21(19,20)13-7-3-6-12-11(13)5-4-8-15-12/h3-8,10,16H,2,9H2,1H3,(H,17,18). The van der Waals surface area contributed by atoms with Gasteiger partial charge in [0.15, 0.2) is 0 Å². The molecule has 2 N–H and O–H groups in total. The Bertz CT molecular complexity index is 753. The third-order valence-electron chi connectivity index (χ3n) is 3.13. The number of carboxylic acids is 1. The van der Waals surface area contributed by atoms with Gasteiger partial charge in [-0.15, -0.1) is 0 Å². The maximum atomic E-state index is 12.5. The van der Waals surface area contributed by atoms with Crippen molar-refractivity contribution in [2.45, 2.75) is 30.7 Å². The number of nitrogens with one attached hydrogen (secondary N) is 1. The van der Waals surface area contributed by atoms with Crippen molar-refractivity contribution in [3.05, 3.63) is 36.5 Å². The molecule has 1 aromatic heterocycles. The van der Waals surface area contributed by atoms with Crippen LogP contribution in [0.5, 0.6) is 0 Å². The molecular weight excluding hydrogens is 292 g/mol. The zero-order valence-corrected chi connectivity index (χ0v) is 12.3. The van der Waals surface area contributed by atoms with Crippen LogP contribution in [-0.2, 0) is 14.8 Å². The highest BCUT2D eigenvalue weighted by Gasteiger charge is 2.22. The third kappa shape index (κ3) is 3.56. The van der Waals surface area contributed by atoms with Gasteiger partial charge in [0.05, 0.1) is 16.8 Å². The lowest BCUT2D eigenvalue weighted by atomic mass is 10.2. The molecule has 1 unspecified atom stereocenters. The summed E-state index contributed by atoms with van der Waals surface area (Å²) in [6.45, 7) is 1.74. The van der Waals surface area contributed by atoms with Crippen LogP contribution in [0.25, 0.3) is 10.9 Å². The summed E-state index contributed by atoms with van der Waals surface area (Å²) in [7, 11) is -3.80. The summed E-state index contributed by atoms with van der Waals surface area (Å²) in [5.74, 6) is -1.04. The number of carboxylic acid groups (broad SMARTS) is 1. The van der Waals surface area contributed by atoms with Crippen LogP contribution >= 0.6 is 0 Å². The number of sulfonamides is 1. The summed E-state index contributed by atoms with van der Waals surface area (Å²) in [5, 5.41) is 9.32. The number of benzene rings is 1. The average Bonchev–Trinajstić information content (AvgIpc) is 2.45. The van der Waals surface area contributed by atoms with Crippen molar-refractivity contribution in [2.24, 2.45) is 0 Å². The maximum Gasteiger partial charge on any atom is 0.304 e. The lowest BCUT2D eigenvalue weighted by Gasteiger charge is -2.16. The molecule has 21 heavy (non-hydrogen) atoms. The van der Waals surface area contributed by atoms with E-state index in [-0.39, 0.29) is 11.3 Å². The smallest absolute Gasteiger partial charge is 0.304 e. The summed E-state index contributed by atoms with van der Waals surface area (Å²) >= 11 is 0. The van der Waals surface area contributed by atoms with Gasteiger partial charge in [-0.1, -0.05) is 13.0 Å². The van der Waals surface area contributed by atoms with Gasteiger partial charge in [-0.05, 0) is 30.7 Å². The van der Waals surface area contributed by atoms with E-state index in [0.717, 1.165) is 0 Å². The van der Waals surface area contributed by atoms with E-state index in [2.05, 4.69) is 9.71 Å². The highest BCUT2D eigenvalue weighted by molar-refractivity contribution is 7.89. The van der Waals surface area contributed by atoms with Crippen molar-refractivity contribution >= 4 is 26.9 Å². The summed E-state index contributed by atoms with van der Waals surface area (Å²) in [6.07, 6.45) is 1.73. The molecule has 112 valence electrons.